The Hall–Kier alpha value is -1.22. The molecule has 8 heteroatoms. The molecular formula is C17H22N2O3S3. The second-order valence-corrected chi connectivity index (χ2v) is 10.2. The van der Waals surface area contributed by atoms with Crippen LogP contribution in [0.5, 0.6) is 0 Å². The molecule has 3 heterocycles. The summed E-state index contributed by atoms with van der Waals surface area (Å²) in [6, 6.07) is 7.44. The fourth-order valence-corrected chi connectivity index (χ4v) is 6.52. The molecule has 0 radical (unpaired) electrons. The number of rotatable bonds is 6. The van der Waals surface area contributed by atoms with E-state index in [1.54, 1.807) is 28.8 Å². The van der Waals surface area contributed by atoms with E-state index in [1.807, 2.05) is 17.5 Å². The third kappa shape index (κ3) is 4.13. The number of hydrogen-bond donors (Lipinski definition) is 1. The maximum absolute atomic E-state index is 12.6. The third-order valence-corrected chi connectivity index (χ3v) is 8.78. The molecular weight excluding hydrogens is 376 g/mol. The van der Waals surface area contributed by atoms with Gasteiger partial charge in [0.1, 0.15) is 4.21 Å². The van der Waals surface area contributed by atoms with Crippen LogP contribution >= 0.6 is 22.7 Å². The Balaban J connectivity index is 1.58. The van der Waals surface area contributed by atoms with Gasteiger partial charge < -0.3 is 5.32 Å². The van der Waals surface area contributed by atoms with Gasteiger partial charge in [0.2, 0.25) is 5.91 Å². The van der Waals surface area contributed by atoms with Crippen LogP contribution < -0.4 is 5.32 Å². The van der Waals surface area contributed by atoms with Crippen LogP contribution in [0.25, 0.3) is 0 Å². The number of thiophene rings is 2. The monoisotopic (exact) mass is 398 g/mol. The van der Waals surface area contributed by atoms with Gasteiger partial charge in [-0.1, -0.05) is 19.1 Å². The highest BCUT2D eigenvalue weighted by atomic mass is 32.2. The maximum atomic E-state index is 12.6. The Morgan fingerprint density at radius 2 is 1.92 bits per heavy atom. The van der Waals surface area contributed by atoms with E-state index in [1.165, 1.54) is 15.6 Å². The van der Waals surface area contributed by atoms with Crippen molar-refractivity contribution in [1.82, 2.24) is 9.62 Å². The summed E-state index contributed by atoms with van der Waals surface area (Å²) in [7, 11) is -3.41. The Labute approximate surface area is 156 Å². The average Bonchev–Trinajstić information content (AvgIpc) is 3.33. The summed E-state index contributed by atoms with van der Waals surface area (Å²) in [5, 5.41) is 6.90. The quantitative estimate of drug-likeness (QED) is 0.810. The van der Waals surface area contributed by atoms with Gasteiger partial charge in [-0.15, -0.1) is 22.7 Å². The smallest absolute Gasteiger partial charge is 0.252 e. The minimum absolute atomic E-state index is 0.0356. The Kier molecular flexibility index (Phi) is 5.93. The minimum atomic E-state index is -3.41. The minimum Gasteiger partial charge on any atom is -0.348 e. The number of carbonyl (C=O) groups excluding carboxylic acids is 1. The summed E-state index contributed by atoms with van der Waals surface area (Å²) in [5.41, 5.74) is 0. The van der Waals surface area contributed by atoms with Gasteiger partial charge in [0.15, 0.2) is 0 Å². The first-order valence-corrected chi connectivity index (χ1v) is 11.6. The lowest BCUT2D eigenvalue weighted by atomic mass is 9.96. The number of carbonyl (C=O) groups is 1. The van der Waals surface area contributed by atoms with Gasteiger partial charge in [-0.05, 0) is 42.2 Å². The summed E-state index contributed by atoms with van der Waals surface area (Å²) in [5.74, 6) is -0.0859. The zero-order valence-corrected chi connectivity index (χ0v) is 16.5. The first-order chi connectivity index (χ1) is 12.0. The van der Waals surface area contributed by atoms with Gasteiger partial charge in [0.05, 0.1) is 6.04 Å². The van der Waals surface area contributed by atoms with Crippen molar-refractivity contribution >= 4 is 38.6 Å². The molecule has 0 saturated carbocycles. The maximum Gasteiger partial charge on any atom is 0.252 e. The lowest BCUT2D eigenvalue weighted by Gasteiger charge is -2.31. The highest BCUT2D eigenvalue weighted by molar-refractivity contribution is 7.91. The molecule has 5 nitrogen and oxygen atoms in total. The molecule has 1 aliphatic rings. The van der Waals surface area contributed by atoms with Gasteiger partial charge in [0, 0.05) is 23.9 Å². The molecule has 1 amide bonds. The van der Waals surface area contributed by atoms with Gasteiger partial charge in [-0.25, -0.2) is 8.42 Å². The summed E-state index contributed by atoms with van der Waals surface area (Å²) in [6.45, 7) is 2.85. The summed E-state index contributed by atoms with van der Waals surface area (Å²) in [4.78, 5) is 13.7. The number of hydrogen-bond acceptors (Lipinski definition) is 5. The van der Waals surface area contributed by atoms with E-state index >= 15 is 0 Å². The molecule has 1 fully saturated rings. The zero-order chi connectivity index (χ0) is 17.9. The summed E-state index contributed by atoms with van der Waals surface area (Å²) in [6.07, 6.45) is 1.98. The van der Waals surface area contributed by atoms with E-state index in [9.17, 15) is 13.2 Å². The molecule has 3 rings (SSSR count). The van der Waals surface area contributed by atoms with E-state index in [0.29, 0.717) is 30.1 Å². The molecule has 1 saturated heterocycles. The van der Waals surface area contributed by atoms with Crippen molar-refractivity contribution < 1.29 is 13.2 Å². The predicted molar refractivity (Wildman–Crippen MR) is 101 cm³/mol. The molecule has 2 aromatic heterocycles. The van der Waals surface area contributed by atoms with Gasteiger partial charge in [-0.2, -0.15) is 4.31 Å². The van der Waals surface area contributed by atoms with Gasteiger partial charge in [-0.3, -0.25) is 4.79 Å². The van der Waals surface area contributed by atoms with E-state index in [2.05, 4.69) is 12.2 Å². The zero-order valence-electron chi connectivity index (χ0n) is 14.1. The van der Waals surface area contributed by atoms with E-state index in [0.717, 1.165) is 11.3 Å². The van der Waals surface area contributed by atoms with Crippen molar-refractivity contribution in [3.05, 3.63) is 39.9 Å². The first-order valence-electron chi connectivity index (χ1n) is 8.39. The molecule has 1 aliphatic heterocycles. The number of amides is 1. The molecule has 25 heavy (non-hydrogen) atoms. The molecule has 1 N–H and O–H groups in total. The van der Waals surface area contributed by atoms with Crippen LogP contribution in [-0.4, -0.2) is 31.7 Å². The molecule has 0 aliphatic carbocycles. The number of nitrogens with one attached hydrogen (secondary N) is 1. The lowest BCUT2D eigenvalue weighted by Crippen LogP contribution is -2.43. The third-order valence-electron chi connectivity index (χ3n) is 4.53. The van der Waals surface area contributed by atoms with Crippen LogP contribution in [-0.2, 0) is 14.8 Å². The van der Waals surface area contributed by atoms with Crippen molar-refractivity contribution in [3.8, 4) is 0 Å². The SMILES string of the molecule is CCC(NC(=O)C1CCN(S(=O)(=O)c2cccs2)CC1)c1cccs1. The Morgan fingerprint density at radius 3 is 2.48 bits per heavy atom. The van der Waals surface area contributed by atoms with E-state index in [4.69, 9.17) is 0 Å². The topological polar surface area (TPSA) is 66.5 Å². The second kappa shape index (κ2) is 7.99. The fourth-order valence-electron chi connectivity index (χ4n) is 3.05. The molecule has 0 spiro atoms. The number of nitrogens with zero attached hydrogens (tertiary/aromatic N) is 1. The second-order valence-electron chi connectivity index (χ2n) is 6.10. The molecule has 1 atom stereocenters. The molecule has 1 unspecified atom stereocenters. The lowest BCUT2D eigenvalue weighted by molar-refractivity contribution is -0.126. The summed E-state index contributed by atoms with van der Waals surface area (Å²) >= 11 is 2.88. The largest absolute Gasteiger partial charge is 0.348 e. The number of sulfonamides is 1. The molecule has 0 bridgehead atoms. The van der Waals surface area contributed by atoms with Crippen molar-refractivity contribution in [2.45, 2.75) is 36.4 Å². The van der Waals surface area contributed by atoms with Gasteiger partial charge >= 0.3 is 0 Å². The van der Waals surface area contributed by atoms with Gasteiger partial charge in [0.25, 0.3) is 10.0 Å². The molecule has 2 aromatic rings. The predicted octanol–water partition coefficient (Wildman–Crippen LogP) is 3.48. The van der Waals surface area contributed by atoms with Crippen LogP contribution in [0, 0.1) is 5.92 Å². The Morgan fingerprint density at radius 1 is 1.24 bits per heavy atom. The molecule has 0 aromatic carbocycles. The normalized spacial score (nSPS) is 18.1. The van der Waals surface area contributed by atoms with E-state index < -0.39 is 10.0 Å². The van der Waals surface area contributed by atoms with Crippen LogP contribution in [0.4, 0.5) is 0 Å². The first kappa shape index (κ1) is 18.6. The van der Waals surface area contributed by atoms with Crippen molar-refractivity contribution in [3.63, 3.8) is 0 Å². The standard InChI is InChI=1S/C17H22N2O3S3/c1-2-14(15-5-3-11-23-15)18-17(20)13-7-9-19(10-8-13)25(21,22)16-6-4-12-24-16/h3-6,11-14H,2,7-10H2,1H3,(H,18,20). The van der Waals surface area contributed by atoms with Crippen LogP contribution in [0.1, 0.15) is 37.1 Å². The fraction of sp³-hybridized carbons (Fsp3) is 0.471. The highest BCUT2D eigenvalue weighted by Gasteiger charge is 2.33. The van der Waals surface area contributed by atoms with E-state index in [-0.39, 0.29) is 17.9 Å². The average molecular weight is 399 g/mol. The Bertz CT molecular complexity index is 777. The number of piperidine rings is 1. The summed E-state index contributed by atoms with van der Waals surface area (Å²) < 4.78 is 27.0. The van der Waals surface area contributed by atoms with Crippen LogP contribution in [0.2, 0.25) is 0 Å². The highest BCUT2D eigenvalue weighted by Crippen LogP contribution is 2.28. The molecule has 136 valence electrons. The van der Waals surface area contributed by atoms with Crippen LogP contribution in [0.15, 0.2) is 39.2 Å². The van der Waals surface area contributed by atoms with Crippen molar-refractivity contribution in [2.75, 3.05) is 13.1 Å². The van der Waals surface area contributed by atoms with Crippen molar-refractivity contribution in [1.29, 1.82) is 0 Å². The van der Waals surface area contributed by atoms with Crippen LogP contribution in [0.3, 0.4) is 0 Å². The van der Waals surface area contributed by atoms with Crippen molar-refractivity contribution in [2.24, 2.45) is 5.92 Å².